The maximum atomic E-state index is 5.82. The molecule has 88 valence electrons. The van der Waals surface area contributed by atoms with Crippen molar-refractivity contribution in [1.82, 2.24) is 9.97 Å². The summed E-state index contributed by atoms with van der Waals surface area (Å²) in [6.45, 7) is 1.91. The number of rotatable bonds is 3. The van der Waals surface area contributed by atoms with Crippen LogP contribution in [0.25, 0.3) is 0 Å². The van der Waals surface area contributed by atoms with E-state index in [1.807, 2.05) is 13.0 Å². The number of benzene rings is 1. The fourth-order valence-corrected chi connectivity index (χ4v) is 2.22. The van der Waals surface area contributed by atoms with Crippen LogP contribution < -0.4 is 11.1 Å². The summed E-state index contributed by atoms with van der Waals surface area (Å²) < 4.78 is 0. The fourth-order valence-electron chi connectivity index (χ4n) is 2.22. The van der Waals surface area contributed by atoms with Gasteiger partial charge in [-0.15, -0.1) is 0 Å². The van der Waals surface area contributed by atoms with Crippen molar-refractivity contribution in [3.63, 3.8) is 0 Å². The molecule has 1 aromatic heterocycles. The number of nitrogens with zero attached hydrogens (tertiary/aromatic N) is 1. The summed E-state index contributed by atoms with van der Waals surface area (Å²) in [7, 11) is 0. The van der Waals surface area contributed by atoms with E-state index in [0.717, 1.165) is 18.1 Å². The smallest absolute Gasteiger partial charge is 0.169 e. The first kappa shape index (κ1) is 10.2. The Bertz CT molecular complexity index is 517. The zero-order valence-electron chi connectivity index (χ0n) is 9.77. The van der Waals surface area contributed by atoms with E-state index in [4.69, 9.17) is 5.73 Å². The minimum atomic E-state index is 0.461. The van der Waals surface area contributed by atoms with Gasteiger partial charge in [0.05, 0.1) is 0 Å². The normalized spacial score (nSPS) is 22.4. The summed E-state index contributed by atoms with van der Waals surface area (Å²) in [5, 5.41) is 3.39. The third-order valence-electron chi connectivity index (χ3n) is 3.19. The molecule has 4 heteroatoms. The first-order valence-electron chi connectivity index (χ1n) is 5.87. The number of nitrogens with one attached hydrogen (secondary N) is 2. The van der Waals surface area contributed by atoms with E-state index in [1.54, 1.807) is 0 Å². The molecule has 3 rings (SSSR count). The van der Waals surface area contributed by atoms with Crippen molar-refractivity contribution in [2.45, 2.75) is 25.3 Å². The lowest BCUT2D eigenvalue weighted by atomic mass is 10.1. The second kappa shape index (κ2) is 3.80. The minimum absolute atomic E-state index is 0.461. The lowest BCUT2D eigenvalue weighted by Gasteiger charge is -2.03. The van der Waals surface area contributed by atoms with Gasteiger partial charge in [0.15, 0.2) is 5.82 Å². The van der Waals surface area contributed by atoms with Crippen LogP contribution in [0, 0.1) is 6.92 Å². The number of imidazole rings is 1. The number of hydrogen-bond acceptors (Lipinski definition) is 3. The van der Waals surface area contributed by atoms with Crippen LogP contribution >= 0.6 is 0 Å². The van der Waals surface area contributed by atoms with E-state index in [2.05, 4.69) is 39.6 Å². The van der Waals surface area contributed by atoms with Gasteiger partial charge in [0.2, 0.25) is 0 Å². The molecule has 0 amide bonds. The largest absolute Gasteiger partial charge is 0.382 e. The first-order valence-corrected chi connectivity index (χ1v) is 5.87. The lowest BCUT2D eigenvalue weighted by molar-refractivity contribution is 1.03. The van der Waals surface area contributed by atoms with Gasteiger partial charge in [-0.2, -0.15) is 0 Å². The molecule has 0 aliphatic heterocycles. The van der Waals surface area contributed by atoms with E-state index < -0.39 is 0 Å². The molecule has 0 spiro atoms. The van der Waals surface area contributed by atoms with E-state index in [9.17, 15) is 0 Å². The van der Waals surface area contributed by atoms with Crippen LogP contribution in [0.4, 0.5) is 11.6 Å². The van der Waals surface area contributed by atoms with E-state index >= 15 is 0 Å². The topological polar surface area (TPSA) is 66.7 Å². The number of H-pyrrole nitrogens is 1. The molecule has 1 fully saturated rings. The molecule has 1 saturated carbocycles. The zero-order chi connectivity index (χ0) is 11.8. The van der Waals surface area contributed by atoms with Crippen LogP contribution in [0.1, 0.15) is 23.7 Å². The predicted molar refractivity (Wildman–Crippen MR) is 68.9 cm³/mol. The van der Waals surface area contributed by atoms with Gasteiger partial charge >= 0.3 is 0 Å². The highest BCUT2D eigenvalue weighted by molar-refractivity contribution is 5.58. The van der Waals surface area contributed by atoms with Gasteiger partial charge in [-0.25, -0.2) is 4.98 Å². The molecular formula is C13H16N4. The number of nitrogens with two attached hydrogens (primary N) is 1. The average molecular weight is 228 g/mol. The van der Waals surface area contributed by atoms with Crippen LogP contribution in [-0.2, 0) is 0 Å². The maximum absolute atomic E-state index is 5.82. The summed E-state index contributed by atoms with van der Waals surface area (Å²) in [5.74, 6) is 2.85. The number of aromatic nitrogens is 2. The monoisotopic (exact) mass is 228 g/mol. The second-order valence-electron chi connectivity index (χ2n) is 4.59. The molecule has 1 aliphatic carbocycles. The summed E-state index contributed by atoms with van der Waals surface area (Å²) in [4.78, 5) is 7.33. The Labute approximate surface area is 100 Å². The van der Waals surface area contributed by atoms with Crippen LogP contribution in [-0.4, -0.2) is 16.0 Å². The highest BCUT2D eigenvalue weighted by Crippen LogP contribution is 2.42. The molecule has 0 bridgehead atoms. The Kier molecular flexibility index (Phi) is 2.28. The van der Waals surface area contributed by atoms with Gasteiger partial charge in [0.1, 0.15) is 11.6 Å². The van der Waals surface area contributed by atoms with Gasteiger partial charge in [-0.05, 0) is 18.9 Å². The summed E-state index contributed by atoms with van der Waals surface area (Å²) in [6.07, 6.45) is 1.15. The third-order valence-corrected chi connectivity index (χ3v) is 3.19. The Morgan fingerprint density at radius 2 is 2.12 bits per heavy atom. The van der Waals surface area contributed by atoms with Gasteiger partial charge in [-0.1, -0.05) is 30.3 Å². The average Bonchev–Trinajstić information content (AvgIpc) is 3.01. The quantitative estimate of drug-likeness (QED) is 0.755. The maximum Gasteiger partial charge on any atom is 0.169 e. The molecular weight excluding hydrogens is 212 g/mol. The number of aryl methyl sites for hydroxylation is 1. The van der Waals surface area contributed by atoms with Crippen molar-refractivity contribution in [2.24, 2.45) is 0 Å². The van der Waals surface area contributed by atoms with E-state index in [1.165, 1.54) is 5.56 Å². The zero-order valence-corrected chi connectivity index (χ0v) is 9.77. The van der Waals surface area contributed by atoms with Crippen molar-refractivity contribution >= 4 is 11.6 Å². The lowest BCUT2D eigenvalue weighted by Crippen LogP contribution is -2.06. The molecule has 0 saturated heterocycles. The Morgan fingerprint density at radius 3 is 2.76 bits per heavy atom. The standard InChI is InChI=1S/C13H16N4/c1-8-15-12(14)13(16-8)17-11-7-10(11)9-5-3-2-4-6-9/h2-6,10-11,17H,7,14H2,1H3,(H,15,16). The summed E-state index contributed by atoms with van der Waals surface area (Å²) >= 11 is 0. The van der Waals surface area contributed by atoms with Crippen molar-refractivity contribution < 1.29 is 0 Å². The van der Waals surface area contributed by atoms with Crippen molar-refractivity contribution in [2.75, 3.05) is 11.1 Å². The summed E-state index contributed by atoms with van der Waals surface area (Å²) in [6, 6.07) is 11.0. The molecule has 1 aromatic carbocycles. The molecule has 2 atom stereocenters. The molecule has 4 N–H and O–H groups in total. The van der Waals surface area contributed by atoms with Crippen LogP contribution in [0.2, 0.25) is 0 Å². The predicted octanol–water partition coefficient (Wildman–Crippen LogP) is 2.27. The number of aromatic amines is 1. The third kappa shape index (κ3) is 1.98. The number of nitrogen functional groups attached to an aromatic ring is 1. The van der Waals surface area contributed by atoms with Crippen molar-refractivity contribution in [1.29, 1.82) is 0 Å². The fraction of sp³-hybridized carbons (Fsp3) is 0.308. The Morgan fingerprint density at radius 1 is 1.35 bits per heavy atom. The minimum Gasteiger partial charge on any atom is -0.382 e. The van der Waals surface area contributed by atoms with Gasteiger partial charge in [0.25, 0.3) is 0 Å². The van der Waals surface area contributed by atoms with Crippen LogP contribution in [0.15, 0.2) is 30.3 Å². The second-order valence-corrected chi connectivity index (χ2v) is 4.59. The molecule has 2 aromatic rings. The Balaban J connectivity index is 1.68. The number of anilines is 2. The van der Waals surface area contributed by atoms with Crippen LogP contribution in [0.5, 0.6) is 0 Å². The van der Waals surface area contributed by atoms with E-state index in [0.29, 0.717) is 17.8 Å². The summed E-state index contributed by atoms with van der Waals surface area (Å²) in [5.41, 5.74) is 7.21. The molecule has 4 nitrogen and oxygen atoms in total. The van der Waals surface area contributed by atoms with Gasteiger partial charge in [-0.3, -0.25) is 0 Å². The SMILES string of the molecule is Cc1nc(NC2CC2c2ccccc2)c(N)[nH]1. The molecule has 1 heterocycles. The molecule has 0 radical (unpaired) electrons. The first-order chi connectivity index (χ1) is 8.24. The highest BCUT2D eigenvalue weighted by atomic mass is 15.1. The number of hydrogen-bond donors (Lipinski definition) is 3. The van der Waals surface area contributed by atoms with Gasteiger partial charge < -0.3 is 16.0 Å². The van der Waals surface area contributed by atoms with E-state index in [-0.39, 0.29) is 0 Å². The van der Waals surface area contributed by atoms with Crippen molar-refractivity contribution in [3.05, 3.63) is 41.7 Å². The molecule has 2 unspecified atom stereocenters. The highest BCUT2D eigenvalue weighted by Gasteiger charge is 2.38. The van der Waals surface area contributed by atoms with Gasteiger partial charge in [0, 0.05) is 12.0 Å². The van der Waals surface area contributed by atoms with Crippen LogP contribution in [0.3, 0.4) is 0 Å². The molecule has 17 heavy (non-hydrogen) atoms. The Hall–Kier alpha value is -1.97. The molecule has 1 aliphatic rings. The van der Waals surface area contributed by atoms with Crippen molar-refractivity contribution in [3.8, 4) is 0 Å².